The van der Waals surface area contributed by atoms with Crippen LogP contribution in [0.3, 0.4) is 0 Å². The maximum absolute atomic E-state index is 10.2. The first-order chi connectivity index (χ1) is 8.25. The first-order valence-corrected chi connectivity index (χ1v) is 6.30. The van der Waals surface area contributed by atoms with Gasteiger partial charge in [0.15, 0.2) is 0 Å². The van der Waals surface area contributed by atoms with E-state index in [9.17, 15) is 5.11 Å². The van der Waals surface area contributed by atoms with E-state index in [0.717, 1.165) is 38.3 Å². The van der Waals surface area contributed by atoms with Crippen LogP contribution in [0.15, 0.2) is 24.3 Å². The quantitative estimate of drug-likeness (QED) is 0.866. The Morgan fingerprint density at radius 3 is 2.76 bits per heavy atom. The van der Waals surface area contributed by atoms with E-state index in [-0.39, 0.29) is 0 Å². The highest BCUT2D eigenvalue weighted by atomic mass is 16.5. The lowest BCUT2D eigenvalue weighted by Gasteiger charge is -2.22. The van der Waals surface area contributed by atoms with E-state index in [0.29, 0.717) is 6.54 Å². The lowest BCUT2D eigenvalue weighted by atomic mass is 10.1. The summed E-state index contributed by atoms with van der Waals surface area (Å²) in [7, 11) is 0. The largest absolute Gasteiger partial charge is 0.387 e. The van der Waals surface area contributed by atoms with Crippen molar-refractivity contribution in [2.75, 3.05) is 32.8 Å². The van der Waals surface area contributed by atoms with Gasteiger partial charge in [0.1, 0.15) is 0 Å². The SMILES string of the molecule is Cc1ccc(C(O)CN2CCCOCC2)cc1. The Kier molecular flexibility index (Phi) is 4.54. The third kappa shape index (κ3) is 3.80. The number of ether oxygens (including phenoxy) is 1. The lowest BCUT2D eigenvalue weighted by Crippen LogP contribution is -2.31. The Bertz CT molecular complexity index is 329. The van der Waals surface area contributed by atoms with Crippen molar-refractivity contribution in [1.29, 1.82) is 0 Å². The Balaban J connectivity index is 1.91. The molecule has 0 aliphatic carbocycles. The highest BCUT2D eigenvalue weighted by Gasteiger charge is 2.14. The van der Waals surface area contributed by atoms with Crippen molar-refractivity contribution in [2.24, 2.45) is 0 Å². The fourth-order valence-corrected chi connectivity index (χ4v) is 2.12. The molecule has 1 aromatic carbocycles. The third-order valence-corrected chi connectivity index (χ3v) is 3.21. The second-order valence-corrected chi connectivity index (χ2v) is 4.69. The second kappa shape index (κ2) is 6.15. The molecule has 3 nitrogen and oxygen atoms in total. The molecule has 0 aromatic heterocycles. The van der Waals surface area contributed by atoms with Crippen LogP contribution >= 0.6 is 0 Å². The number of aryl methyl sites for hydroxylation is 1. The van der Waals surface area contributed by atoms with Gasteiger partial charge in [0.25, 0.3) is 0 Å². The van der Waals surface area contributed by atoms with Crippen molar-refractivity contribution in [3.05, 3.63) is 35.4 Å². The molecule has 0 amide bonds. The molecule has 0 spiro atoms. The molecule has 1 aliphatic rings. The molecule has 3 heteroatoms. The predicted octanol–water partition coefficient (Wildman–Crippen LogP) is 1.75. The smallest absolute Gasteiger partial charge is 0.0916 e. The van der Waals surface area contributed by atoms with E-state index in [1.165, 1.54) is 5.56 Å². The van der Waals surface area contributed by atoms with Crippen LogP contribution in [-0.2, 0) is 4.74 Å². The summed E-state index contributed by atoms with van der Waals surface area (Å²) in [5.41, 5.74) is 2.23. The molecule has 0 saturated carbocycles. The van der Waals surface area contributed by atoms with Crippen LogP contribution in [0.5, 0.6) is 0 Å². The van der Waals surface area contributed by atoms with E-state index < -0.39 is 6.10 Å². The van der Waals surface area contributed by atoms with Gasteiger partial charge in [-0.25, -0.2) is 0 Å². The second-order valence-electron chi connectivity index (χ2n) is 4.69. The Labute approximate surface area is 103 Å². The molecule has 1 fully saturated rings. The fourth-order valence-electron chi connectivity index (χ4n) is 2.12. The minimum absolute atomic E-state index is 0.395. The molecule has 1 aliphatic heterocycles. The molecule has 2 rings (SSSR count). The number of β-amino-alcohol motifs (C(OH)–C–C–N with tert-alkyl or cyclic N) is 1. The van der Waals surface area contributed by atoms with Crippen LogP contribution in [0.4, 0.5) is 0 Å². The van der Waals surface area contributed by atoms with Crippen molar-refractivity contribution < 1.29 is 9.84 Å². The molecule has 1 aromatic rings. The Morgan fingerprint density at radius 2 is 2.00 bits per heavy atom. The molecule has 1 saturated heterocycles. The number of aliphatic hydroxyl groups excluding tert-OH is 1. The number of rotatable bonds is 3. The Morgan fingerprint density at radius 1 is 1.24 bits per heavy atom. The molecular weight excluding hydrogens is 214 g/mol. The minimum Gasteiger partial charge on any atom is -0.387 e. The monoisotopic (exact) mass is 235 g/mol. The summed E-state index contributed by atoms with van der Waals surface area (Å²) in [6.45, 7) is 6.32. The molecule has 1 heterocycles. The maximum atomic E-state index is 10.2. The molecule has 0 radical (unpaired) electrons. The van der Waals surface area contributed by atoms with Gasteiger partial charge in [-0.05, 0) is 18.9 Å². The average molecular weight is 235 g/mol. The van der Waals surface area contributed by atoms with Gasteiger partial charge in [-0.2, -0.15) is 0 Å². The van der Waals surface area contributed by atoms with Gasteiger partial charge in [-0.1, -0.05) is 29.8 Å². The zero-order valence-corrected chi connectivity index (χ0v) is 10.4. The van der Waals surface area contributed by atoms with Crippen LogP contribution < -0.4 is 0 Å². The van der Waals surface area contributed by atoms with Crippen LogP contribution in [0.1, 0.15) is 23.7 Å². The zero-order chi connectivity index (χ0) is 12.1. The molecular formula is C14H21NO2. The topological polar surface area (TPSA) is 32.7 Å². The molecule has 0 bridgehead atoms. The van der Waals surface area contributed by atoms with E-state index in [4.69, 9.17) is 4.74 Å². The summed E-state index contributed by atoms with van der Waals surface area (Å²) in [6.07, 6.45) is 0.661. The van der Waals surface area contributed by atoms with Gasteiger partial charge in [0.2, 0.25) is 0 Å². The third-order valence-electron chi connectivity index (χ3n) is 3.21. The van der Waals surface area contributed by atoms with Gasteiger partial charge >= 0.3 is 0 Å². The van der Waals surface area contributed by atoms with Crippen molar-refractivity contribution in [2.45, 2.75) is 19.4 Å². The average Bonchev–Trinajstić information content (AvgIpc) is 2.58. The predicted molar refractivity (Wildman–Crippen MR) is 68.0 cm³/mol. The summed E-state index contributed by atoms with van der Waals surface area (Å²) in [6, 6.07) is 8.11. The first kappa shape index (κ1) is 12.6. The fraction of sp³-hybridized carbons (Fsp3) is 0.571. The first-order valence-electron chi connectivity index (χ1n) is 6.30. The van der Waals surface area contributed by atoms with Crippen molar-refractivity contribution in [3.63, 3.8) is 0 Å². The summed E-state index contributed by atoms with van der Waals surface area (Å²) in [4.78, 5) is 2.28. The number of hydrogen-bond donors (Lipinski definition) is 1. The standard InChI is InChI=1S/C14H21NO2/c1-12-3-5-13(6-4-12)14(16)11-15-7-2-9-17-10-8-15/h3-6,14,16H,2,7-11H2,1H3. The Hall–Kier alpha value is -0.900. The van der Waals surface area contributed by atoms with Gasteiger partial charge in [-0.15, -0.1) is 0 Å². The van der Waals surface area contributed by atoms with Crippen LogP contribution in [0.25, 0.3) is 0 Å². The number of hydrogen-bond acceptors (Lipinski definition) is 3. The maximum Gasteiger partial charge on any atom is 0.0916 e. The van der Waals surface area contributed by atoms with Crippen molar-refractivity contribution >= 4 is 0 Å². The molecule has 94 valence electrons. The van der Waals surface area contributed by atoms with Crippen LogP contribution in [0, 0.1) is 6.92 Å². The van der Waals surface area contributed by atoms with Gasteiger partial charge in [0, 0.05) is 26.2 Å². The summed E-state index contributed by atoms with van der Waals surface area (Å²) in [5.74, 6) is 0. The van der Waals surface area contributed by atoms with E-state index >= 15 is 0 Å². The number of benzene rings is 1. The van der Waals surface area contributed by atoms with Gasteiger partial charge in [0.05, 0.1) is 12.7 Å². The normalized spacial score (nSPS) is 19.9. The van der Waals surface area contributed by atoms with E-state index in [1.807, 2.05) is 24.3 Å². The number of nitrogens with zero attached hydrogens (tertiary/aromatic N) is 1. The highest BCUT2D eigenvalue weighted by Crippen LogP contribution is 2.15. The summed E-state index contributed by atoms with van der Waals surface area (Å²) in [5, 5.41) is 10.2. The molecule has 1 unspecified atom stereocenters. The van der Waals surface area contributed by atoms with Gasteiger partial charge < -0.3 is 9.84 Å². The lowest BCUT2D eigenvalue weighted by molar-refractivity contribution is 0.103. The van der Waals surface area contributed by atoms with Crippen LogP contribution in [0.2, 0.25) is 0 Å². The zero-order valence-electron chi connectivity index (χ0n) is 10.4. The summed E-state index contributed by atoms with van der Waals surface area (Å²) < 4.78 is 5.40. The van der Waals surface area contributed by atoms with E-state index in [1.54, 1.807) is 0 Å². The minimum atomic E-state index is -0.395. The van der Waals surface area contributed by atoms with Gasteiger partial charge in [-0.3, -0.25) is 4.90 Å². The molecule has 1 N–H and O–H groups in total. The molecule has 1 atom stereocenters. The van der Waals surface area contributed by atoms with E-state index in [2.05, 4.69) is 11.8 Å². The molecule has 17 heavy (non-hydrogen) atoms. The highest BCUT2D eigenvalue weighted by molar-refractivity contribution is 5.23. The van der Waals surface area contributed by atoms with Crippen molar-refractivity contribution in [1.82, 2.24) is 4.90 Å². The number of aliphatic hydroxyl groups is 1. The summed E-state index contributed by atoms with van der Waals surface area (Å²) >= 11 is 0. The van der Waals surface area contributed by atoms with Crippen molar-refractivity contribution in [3.8, 4) is 0 Å². The van der Waals surface area contributed by atoms with Crippen LogP contribution in [-0.4, -0.2) is 42.9 Å².